The van der Waals surface area contributed by atoms with Gasteiger partial charge in [0, 0.05) is 18.4 Å². The van der Waals surface area contributed by atoms with Gasteiger partial charge in [-0.25, -0.2) is 0 Å². The summed E-state index contributed by atoms with van der Waals surface area (Å²) in [6, 6.07) is 21.5. The molecule has 0 aliphatic rings. The number of aryl methyl sites for hydroxylation is 2. The van der Waals surface area contributed by atoms with Crippen LogP contribution in [0.5, 0.6) is 0 Å². The molecule has 2 aromatic carbocycles. The summed E-state index contributed by atoms with van der Waals surface area (Å²) in [7, 11) is 0. The molecule has 2 nitrogen and oxygen atoms in total. The van der Waals surface area contributed by atoms with Gasteiger partial charge in [-0.05, 0) is 30.5 Å². The van der Waals surface area contributed by atoms with Gasteiger partial charge in [0.25, 0.3) is 0 Å². The maximum Gasteiger partial charge on any atom is 0.225 e. The number of aromatic nitrogens is 2. The number of hydrogen-bond donors (Lipinski definition) is 0. The second-order valence-electron chi connectivity index (χ2n) is 9.16. The van der Waals surface area contributed by atoms with Crippen molar-refractivity contribution in [3.63, 3.8) is 0 Å². The molecule has 4 rings (SSSR count). The molecule has 0 N–H and O–H groups in total. The summed E-state index contributed by atoms with van der Waals surface area (Å²) in [6.07, 6.45) is 15.9. The fourth-order valence-electron chi connectivity index (χ4n) is 4.50. The van der Waals surface area contributed by atoms with Crippen molar-refractivity contribution in [3.8, 4) is 21.7 Å². The first-order valence-electron chi connectivity index (χ1n) is 12.9. The number of unbranched alkanes of at least 4 members (excludes halogenated alkanes) is 9. The molecule has 0 radical (unpaired) electrons. The Morgan fingerprint density at radius 1 is 0.556 bits per heavy atom. The van der Waals surface area contributed by atoms with Crippen LogP contribution in [-0.4, -0.2) is 0 Å². The van der Waals surface area contributed by atoms with E-state index in [-0.39, 0.29) is 48.0 Å². The zero-order chi connectivity index (χ0) is 23.3. The minimum atomic E-state index is 0. The quantitative estimate of drug-likeness (QED) is 0.101. The predicted molar refractivity (Wildman–Crippen MR) is 146 cm³/mol. The zero-order valence-electron chi connectivity index (χ0n) is 21.0. The van der Waals surface area contributed by atoms with Crippen LogP contribution in [0.1, 0.15) is 64.2 Å². The molecule has 36 heavy (non-hydrogen) atoms. The zero-order valence-corrected chi connectivity index (χ0v) is 27.0. The van der Waals surface area contributed by atoms with Gasteiger partial charge in [0.05, 0.1) is 5.38 Å². The summed E-state index contributed by atoms with van der Waals surface area (Å²) < 4.78 is 4.79. The lowest BCUT2D eigenvalue weighted by molar-refractivity contribution is -0.692. The van der Waals surface area contributed by atoms with Crippen molar-refractivity contribution in [2.75, 3.05) is 0 Å². The van der Waals surface area contributed by atoms with Crippen LogP contribution in [0, 0.1) is 0 Å². The Morgan fingerprint density at radius 3 is 1.69 bits per heavy atom. The van der Waals surface area contributed by atoms with Crippen molar-refractivity contribution in [1.82, 2.24) is 0 Å². The molecule has 0 saturated heterocycles. The van der Waals surface area contributed by atoms with Crippen LogP contribution in [0.15, 0.2) is 83.3 Å². The Labute approximate surface area is 259 Å². The van der Waals surface area contributed by atoms with E-state index in [2.05, 4.69) is 92.4 Å². The Morgan fingerprint density at radius 2 is 1.08 bits per heavy atom. The maximum atomic E-state index is 2.43. The third-order valence-corrected chi connectivity index (χ3v) is 8.18. The van der Waals surface area contributed by atoms with Crippen molar-refractivity contribution >= 4 is 22.7 Å². The van der Waals surface area contributed by atoms with Crippen molar-refractivity contribution in [2.24, 2.45) is 0 Å². The second kappa shape index (κ2) is 18.4. The van der Waals surface area contributed by atoms with Crippen molar-refractivity contribution in [1.29, 1.82) is 0 Å². The highest BCUT2D eigenvalue weighted by Crippen LogP contribution is 2.22. The third kappa shape index (κ3) is 10.5. The van der Waals surface area contributed by atoms with Gasteiger partial charge in [0.15, 0.2) is 6.20 Å². The van der Waals surface area contributed by atoms with E-state index in [9.17, 15) is 0 Å². The van der Waals surface area contributed by atoms with Crippen LogP contribution in [0.2, 0.25) is 0 Å². The highest BCUT2D eigenvalue weighted by atomic mass is 127. The molecule has 0 atom stereocenters. The second-order valence-corrected chi connectivity index (χ2v) is 10.8. The van der Waals surface area contributed by atoms with Crippen LogP contribution in [-0.2, 0) is 13.1 Å². The topological polar surface area (TPSA) is 7.76 Å². The number of rotatable bonds is 15. The number of thiazole rings is 2. The summed E-state index contributed by atoms with van der Waals surface area (Å²) in [5.74, 6) is 0. The fourth-order valence-corrected chi connectivity index (χ4v) is 6.21. The standard InChI is InChI=1S/C30H38N2S2.2HI/c1(3-5-7-15-21-31-23-30(34-25-31)28-19-13-10-14-20-28)2-4-6-8-16-22-32-26-33-24-29(32)27-17-11-9-12-18-27;;/h9-14,17-20,23-26H,1-8,15-16,21-22H2;2*1H/q+2;;/p-2. The van der Waals surface area contributed by atoms with Gasteiger partial charge in [0.1, 0.15) is 18.0 Å². The molecule has 0 saturated carbocycles. The monoisotopic (exact) mass is 744 g/mol. The summed E-state index contributed by atoms with van der Waals surface area (Å²) in [5, 5.41) is 2.27. The Balaban J connectivity index is 0.00000228. The van der Waals surface area contributed by atoms with Gasteiger partial charge in [-0.2, -0.15) is 9.13 Å². The van der Waals surface area contributed by atoms with Gasteiger partial charge in [-0.15, -0.1) is 0 Å². The van der Waals surface area contributed by atoms with Gasteiger partial charge in [0.2, 0.25) is 16.7 Å². The van der Waals surface area contributed by atoms with E-state index in [1.807, 2.05) is 11.3 Å². The molecular weight excluding hydrogens is 706 g/mol. The Bertz CT molecular complexity index is 1080. The summed E-state index contributed by atoms with van der Waals surface area (Å²) in [6.45, 7) is 2.29. The molecule has 0 aliphatic carbocycles. The first kappa shape index (κ1) is 31.4. The Kier molecular flexibility index (Phi) is 16.1. The molecule has 4 aromatic rings. The summed E-state index contributed by atoms with van der Waals surface area (Å²) in [5.41, 5.74) is 8.55. The van der Waals surface area contributed by atoms with E-state index in [1.54, 1.807) is 11.3 Å². The molecular formula is C30H38I2N2S2. The molecule has 0 bridgehead atoms. The van der Waals surface area contributed by atoms with E-state index in [0.717, 1.165) is 13.1 Å². The number of benzene rings is 2. The maximum absolute atomic E-state index is 2.43. The molecule has 2 heterocycles. The highest BCUT2D eigenvalue weighted by molar-refractivity contribution is 7.12. The molecule has 0 fully saturated rings. The normalized spacial score (nSPS) is 10.6. The SMILES string of the molecule is [I-].[I-].c1ccc(-c2c[n+](CCCCCCCCCCCC[n+]3cscc3-c3ccccc3)cs2)cc1. The van der Waals surface area contributed by atoms with Crippen molar-refractivity contribution in [2.45, 2.75) is 77.3 Å². The van der Waals surface area contributed by atoms with Gasteiger partial charge >= 0.3 is 0 Å². The van der Waals surface area contributed by atoms with E-state index in [1.165, 1.54) is 85.9 Å². The Hall–Kier alpha value is -0.840. The average molecular weight is 745 g/mol. The number of halogens is 2. The number of nitrogens with zero attached hydrogens (tertiary/aromatic N) is 2. The average Bonchev–Trinajstić information content (AvgIpc) is 3.56. The van der Waals surface area contributed by atoms with Crippen LogP contribution < -0.4 is 57.1 Å². The lowest BCUT2D eigenvalue weighted by atomic mass is 10.1. The summed E-state index contributed by atoms with van der Waals surface area (Å²) >= 11 is 3.65. The molecule has 0 amide bonds. The molecule has 0 aliphatic heterocycles. The van der Waals surface area contributed by atoms with E-state index < -0.39 is 0 Å². The van der Waals surface area contributed by atoms with E-state index in [4.69, 9.17) is 0 Å². The van der Waals surface area contributed by atoms with E-state index >= 15 is 0 Å². The lowest BCUT2D eigenvalue weighted by Gasteiger charge is -2.02. The van der Waals surface area contributed by atoms with Crippen LogP contribution in [0.4, 0.5) is 0 Å². The smallest absolute Gasteiger partial charge is 0.225 e. The predicted octanol–water partition coefficient (Wildman–Crippen LogP) is 2.33. The van der Waals surface area contributed by atoms with Gasteiger partial charge in [-0.3, -0.25) is 0 Å². The minimum Gasteiger partial charge on any atom is -1.00 e. The molecule has 194 valence electrons. The molecule has 0 unspecified atom stereocenters. The third-order valence-electron chi connectivity index (χ3n) is 6.47. The van der Waals surface area contributed by atoms with Crippen LogP contribution in [0.3, 0.4) is 0 Å². The van der Waals surface area contributed by atoms with Crippen molar-refractivity contribution in [3.05, 3.63) is 83.3 Å². The molecule has 2 aromatic heterocycles. The largest absolute Gasteiger partial charge is 1.00 e. The molecule has 0 spiro atoms. The fraction of sp³-hybridized carbons (Fsp3) is 0.400. The lowest BCUT2D eigenvalue weighted by Crippen LogP contribution is -3.00. The van der Waals surface area contributed by atoms with Gasteiger partial charge in [-0.1, -0.05) is 110 Å². The van der Waals surface area contributed by atoms with Crippen LogP contribution >= 0.6 is 22.7 Å². The minimum absolute atomic E-state index is 0. The van der Waals surface area contributed by atoms with Crippen LogP contribution in [0.25, 0.3) is 21.7 Å². The first-order chi connectivity index (χ1) is 16.9. The number of hydrogen-bond acceptors (Lipinski definition) is 2. The van der Waals surface area contributed by atoms with E-state index in [0.29, 0.717) is 0 Å². The summed E-state index contributed by atoms with van der Waals surface area (Å²) in [4.78, 5) is 1.37. The van der Waals surface area contributed by atoms with Crippen molar-refractivity contribution < 1.29 is 57.1 Å². The van der Waals surface area contributed by atoms with Gasteiger partial charge < -0.3 is 48.0 Å². The molecule has 6 heteroatoms. The first-order valence-corrected chi connectivity index (χ1v) is 14.8. The highest BCUT2D eigenvalue weighted by Gasteiger charge is 2.13.